The van der Waals surface area contributed by atoms with E-state index in [-0.39, 0.29) is 17.9 Å². The topological polar surface area (TPSA) is 243 Å². The Balaban J connectivity index is 3.82. The molecule has 8 N–H and O–H groups in total. The fourth-order valence-corrected chi connectivity index (χ4v) is 8.17. The van der Waals surface area contributed by atoms with E-state index in [1.165, 1.54) is 0 Å². The van der Waals surface area contributed by atoms with E-state index in [9.17, 15) is 57.4 Å². The molecule has 20 heteroatoms. The van der Waals surface area contributed by atoms with Crippen molar-refractivity contribution >= 4 is 30.8 Å². The van der Waals surface area contributed by atoms with Gasteiger partial charge in [0.15, 0.2) is 0 Å². The average Bonchev–Trinajstić information content (AvgIpc) is 2.44. The zero-order valence-electron chi connectivity index (χ0n) is 15.3. The van der Waals surface area contributed by atoms with Gasteiger partial charge < -0.3 is 39.1 Å². The lowest BCUT2D eigenvalue weighted by Crippen LogP contribution is -2.56. The van der Waals surface area contributed by atoms with Crippen LogP contribution in [0.15, 0.2) is 0 Å². The van der Waals surface area contributed by atoms with Gasteiger partial charge in [0.25, 0.3) is 0 Å². The Morgan fingerprint density at radius 2 is 1.10 bits per heavy atom. The molecule has 0 aliphatic carbocycles. The monoisotopic (exact) mass is 506 g/mol. The van der Waals surface area contributed by atoms with Crippen molar-refractivity contribution in [1.82, 2.24) is 19.6 Å². The molecule has 0 aromatic carbocycles. The van der Waals surface area contributed by atoms with Crippen LogP contribution >= 0.6 is 30.8 Å². The van der Waals surface area contributed by atoms with Crippen LogP contribution in [0.3, 0.4) is 0 Å². The lowest BCUT2D eigenvalue weighted by atomic mass is 10.1. The van der Waals surface area contributed by atoms with Crippen LogP contribution in [0.5, 0.6) is 0 Å². The van der Waals surface area contributed by atoms with Crippen molar-refractivity contribution in [1.29, 1.82) is 0 Å². The summed E-state index contributed by atoms with van der Waals surface area (Å²) in [5, 5.41) is 0.626. The fraction of sp³-hybridized carbons (Fsp3) is 1.00. The number of hydrogen-bond donors (Lipinski definition) is 8. The Morgan fingerprint density at radius 1 is 0.655 bits per heavy atom. The maximum atomic E-state index is 12.1. The first-order valence-electron chi connectivity index (χ1n) is 8.22. The molecular weight excluding hydrogens is 480 g/mol. The second-order valence-electron chi connectivity index (χ2n) is 6.40. The first kappa shape index (κ1) is 27.5. The normalized spacial score (nSPS) is 24.8. The lowest BCUT2D eigenvalue weighted by Gasteiger charge is -2.46. The molecule has 0 radical (unpaired) electrons. The van der Waals surface area contributed by atoms with Crippen LogP contribution in [-0.4, -0.2) is 78.1 Å². The van der Waals surface area contributed by atoms with Crippen LogP contribution in [0, 0.1) is 0 Å². The molecule has 1 unspecified atom stereocenters. The predicted octanol–water partition coefficient (Wildman–Crippen LogP) is -0.295. The minimum atomic E-state index is -5.98. The van der Waals surface area contributed by atoms with Crippen molar-refractivity contribution in [3.63, 3.8) is 0 Å². The summed E-state index contributed by atoms with van der Waals surface area (Å²) in [6.07, 6.45) is 1.26. The van der Waals surface area contributed by atoms with Crippen LogP contribution in [-0.2, 0) is 18.3 Å². The molecule has 0 saturated carbocycles. The molecule has 1 aliphatic heterocycles. The Kier molecular flexibility index (Phi) is 9.41. The van der Waals surface area contributed by atoms with E-state index >= 15 is 0 Å². The largest absolute Gasteiger partial charge is 0.433 e. The fourth-order valence-electron chi connectivity index (χ4n) is 2.85. The van der Waals surface area contributed by atoms with Crippen LogP contribution in [0.2, 0.25) is 0 Å². The minimum absolute atomic E-state index is 0.0347. The Hall–Kier alpha value is 0.440. The molecule has 1 aliphatic rings. The molecule has 0 spiro atoms. The molecule has 0 aromatic heterocycles. The van der Waals surface area contributed by atoms with Crippen LogP contribution in [0.1, 0.15) is 38.5 Å². The van der Waals surface area contributed by atoms with Gasteiger partial charge in [0, 0.05) is 13.6 Å². The summed E-state index contributed by atoms with van der Waals surface area (Å²) in [6.45, 7) is -0.183. The SMILES string of the molecule is CN1CCCCCCCC(P(=O)(O)O)N(P(=O)(O)O)N(P(=O)(O)O)N1P(=O)(O)O. The van der Waals surface area contributed by atoms with Gasteiger partial charge in [-0.2, -0.15) is 0 Å². The zero-order chi connectivity index (χ0) is 22.8. The molecule has 1 heterocycles. The van der Waals surface area contributed by atoms with Crippen molar-refractivity contribution in [2.45, 2.75) is 44.3 Å². The summed E-state index contributed by atoms with van der Waals surface area (Å²) >= 11 is 0. The summed E-state index contributed by atoms with van der Waals surface area (Å²) in [5.41, 5.74) is 0. The van der Waals surface area contributed by atoms with E-state index in [0.717, 1.165) is 7.05 Å². The summed E-state index contributed by atoms with van der Waals surface area (Å²) < 4.78 is 47.6. The highest BCUT2D eigenvalue weighted by atomic mass is 31.2. The second-order valence-corrected chi connectivity index (χ2v) is 12.4. The average molecular weight is 506 g/mol. The number of nitrogens with zero attached hydrogens (tertiary/aromatic N) is 4. The van der Waals surface area contributed by atoms with Crippen molar-refractivity contribution < 1.29 is 57.4 Å². The summed E-state index contributed by atoms with van der Waals surface area (Å²) in [4.78, 5) is 76.3. The summed E-state index contributed by atoms with van der Waals surface area (Å²) in [7, 11) is -22.0. The van der Waals surface area contributed by atoms with Crippen LogP contribution in [0.4, 0.5) is 0 Å². The van der Waals surface area contributed by atoms with Crippen molar-refractivity contribution in [2.24, 2.45) is 0 Å². The Bertz CT molecular complexity index is 744. The zero-order valence-corrected chi connectivity index (χ0v) is 18.9. The molecule has 0 aromatic rings. The van der Waals surface area contributed by atoms with Gasteiger partial charge in [-0.15, -0.1) is 4.78 Å². The molecule has 16 nitrogen and oxygen atoms in total. The molecule has 29 heavy (non-hydrogen) atoms. The third kappa shape index (κ3) is 7.81. The molecule has 1 rings (SSSR count). The summed E-state index contributed by atoms with van der Waals surface area (Å²) in [5.74, 6) is -2.46. The van der Waals surface area contributed by atoms with Crippen molar-refractivity contribution in [3.8, 4) is 0 Å². The first-order valence-corrected chi connectivity index (χ1v) is 14.6. The molecule has 0 bridgehead atoms. The van der Waals surface area contributed by atoms with E-state index in [1.54, 1.807) is 0 Å². The van der Waals surface area contributed by atoms with Gasteiger partial charge in [-0.25, -0.2) is 18.7 Å². The predicted molar refractivity (Wildman–Crippen MR) is 97.8 cm³/mol. The van der Waals surface area contributed by atoms with Gasteiger partial charge in [-0.1, -0.05) is 25.7 Å². The van der Waals surface area contributed by atoms with E-state index < -0.39 is 52.7 Å². The van der Waals surface area contributed by atoms with Gasteiger partial charge in [-0.05, 0) is 22.6 Å². The molecule has 174 valence electrons. The van der Waals surface area contributed by atoms with Gasteiger partial charge in [0.05, 0.1) is 0 Å². The third-order valence-corrected chi connectivity index (χ3v) is 8.45. The van der Waals surface area contributed by atoms with E-state index in [2.05, 4.69) is 0 Å². The van der Waals surface area contributed by atoms with Crippen molar-refractivity contribution in [3.05, 3.63) is 0 Å². The van der Waals surface area contributed by atoms with Gasteiger partial charge in [-0.3, -0.25) is 4.57 Å². The minimum Gasteiger partial charge on any atom is -0.323 e. The maximum absolute atomic E-state index is 12.1. The lowest BCUT2D eigenvalue weighted by molar-refractivity contribution is -0.161. The standard InChI is InChI=1S/C9H26N4O12P4/c1-10-8-6-4-2-3-5-7-9(26(14,15)16)11(27(17,18)19)13(29(23,24)25)12(10)28(20,21)22/h9H,2-8H2,1H3,(H2,14,15,16)(H2,17,18,19)(H2,20,21,22)(H2,23,24,25). The highest BCUT2D eigenvalue weighted by Gasteiger charge is 2.57. The second kappa shape index (κ2) is 9.93. The first-order chi connectivity index (χ1) is 12.9. The molecule has 1 saturated heterocycles. The van der Waals surface area contributed by atoms with E-state index in [4.69, 9.17) is 0 Å². The molecule has 0 amide bonds. The third-order valence-electron chi connectivity index (χ3n) is 3.98. The van der Waals surface area contributed by atoms with Crippen LogP contribution in [0.25, 0.3) is 0 Å². The Morgan fingerprint density at radius 3 is 1.52 bits per heavy atom. The van der Waals surface area contributed by atoms with E-state index in [0.29, 0.717) is 30.7 Å². The maximum Gasteiger partial charge on any atom is 0.433 e. The van der Waals surface area contributed by atoms with Gasteiger partial charge in [0.2, 0.25) is 0 Å². The smallest absolute Gasteiger partial charge is 0.323 e. The quantitative estimate of drug-likeness (QED) is 0.228. The number of rotatable bonds is 4. The highest BCUT2D eigenvalue weighted by Crippen LogP contribution is 2.63. The van der Waals surface area contributed by atoms with Crippen molar-refractivity contribution in [2.75, 3.05) is 13.6 Å². The highest BCUT2D eigenvalue weighted by molar-refractivity contribution is 7.56. The van der Waals surface area contributed by atoms with Gasteiger partial charge >= 0.3 is 30.8 Å². The molecule has 1 atom stereocenters. The number of hydrogen-bond acceptors (Lipinski definition) is 5. The van der Waals surface area contributed by atoms with E-state index in [1.807, 2.05) is 0 Å². The Labute approximate surface area is 166 Å². The van der Waals surface area contributed by atoms with Crippen LogP contribution < -0.4 is 0 Å². The molecule has 1 fully saturated rings. The molecular formula is C9H26N4O12P4. The van der Waals surface area contributed by atoms with Gasteiger partial charge in [0.1, 0.15) is 5.78 Å². The summed E-state index contributed by atoms with van der Waals surface area (Å²) in [6, 6.07) is 0. The number of hydrazine groups is 3.